The van der Waals surface area contributed by atoms with Gasteiger partial charge in [0, 0.05) is 52.3 Å². The molecule has 0 amide bonds. The van der Waals surface area contributed by atoms with E-state index < -0.39 is 0 Å². The number of benzene rings is 1. The van der Waals surface area contributed by atoms with Gasteiger partial charge in [-0.15, -0.1) is 24.0 Å². The second-order valence-electron chi connectivity index (χ2n) is 6.36. The maximum atomic E-state index is 5.76. The van der Waals surface area contributed by atoms with Gasteiger partial charge in [-0.1, -0.05) is 31.1 Å². The third-order valence-corrected chi connectivity index (χ3v) is 4.38. The van der Waals surface area contributed by atoms with Gasteiger partial charge >= 0.3 is 0 Å². The minimum Gasteiger partial charge on any atom is -0.493 e. The zero-order chi connectivity index (χ0) is 20.2. The molecule has 0 aliphatic heterocycles. The lowest BCUT2D eigenvalue weighted by Crippen LogP contribution is -2.36. The molecule has 0 bridgehead atoms. The van der Waals surface area contributed by atoms with Crippen molar-refractivity contribution in [3.63, 3.8) is 0 Å². The number of aromatic nitrogens is 1. The fourth-order valence-electron chi connectivity index (χ4n) is 2.85. The molecule has 0 fully saturated rings. The lowest BCUT2D eigenvalue weighted by molar-refractivity contribution is 0.172. The molecular formula is C21H33IN4O3. The van der Waals surface area contributed by atoms with Crippen molar-refractivity contribution in [2.45, 2.75) is 46.2 Å². The van der Waals surface area contributed by atoms with Gasteiger partial charge in [0.1, 0.15) is 11.5 Å². The van der Waals surface area contributed by atoms with Gasteiger partial charge in [0.05, 0.1) is 12.3 Å². The van der Waals surface area contributed by atoms with Crippen LogP contribution in [0.5, 0.6) is 5.75 Å². The lowest BCUT2D eigenvalue weighted by atomic mass is 10.1. The highest BCUT2D eigenvalue weighted by atomic mass is 127. The standard InChI is InChI=1S/C21H32N4O3.HI/c1-5-19-18(20(6-2)28-25-19)15-24-21(22-3)23-14-16-9-7-10-17(13-16)27-12-8-11-26-4;/h7,9-10,13H,5-6,8,11-12,14-15H2,1-4H3,(H2,22,23,24);1H. The van der Waals surface area contributed by atoms with Gasteiger partial charge in [0.15, 0.2) is 5.96 Å². The van der Waals surface area contributed by atoms with Crippen LogP contribution in [0.3, 0.4) is 0 Å². The number of methoxy groups -OCH3 is 1. The number of aryl methyl sites for hydroxylation is 2. The molecule has 0 radical (unpaired) electrons. The molecule has 1 aromatic carbocycles. The van der Waals surface area contributed by atoms with Crippen LogP contribution in [0, 0.1) is 0 Å². The molecule has 7 nitrogen and oxygen atoms in total. The van der Waals surface area contributed by atoms with E-state index in [4.69, 9.17) is 14.0 Å². The average molecular weight is 516 g/mol. The quantitative estimate of drug-likeness (QED) is 0.205. The van der Waals surface area contributed by atoms with Crippen LogP contribution in [0.2, 0.25) is 0 Å². The smallest absolute Gasteiger partial charge is 0.191 e. The molecule has 2 aromatic rings. The molecule has 0 aliphatic rings. The largest absolute Gasteiger partial charge is 0.493 e. The topological polar surface area (TPSA) is 80.9 Å². The van der Waals surface area contributed by atoms with Crippen molar-refractivity contribution in [3.8, 4) is 5.75 Å². The molecule has 29 heavy (non-hydrogen) atoms. The van der Waals surface area contributed by atoms with Crippen LogP contribution in [0.1, 0.15) is 42.8 Å². The Bertz CT molecular complexity index is 728. The Hall–Kier alpha value is -1.81. The minimum absolute atomic E-state index is 0. The molecular weight excluding hydrogens is 483 g/mol. The van der Waals surface area contributed by atoms with E-state index in [-0.39, 0.29) is 24.0 Å². The Labute approximate surface area is 190 Å². The Balaban J connectivity index is 0.00000420. The van der Waals surface area contributed by atoms with Crippen molar-refractivity contribution < 1.29 is 14.0 Å². The fourth-order valence-corrected chi connectivity index (χ4v) is 2.85. The van der Waals surface area contributed by atoms with Crippen LogP contribution in [-0.4, -0.2) is 38.5 Å². The highest BCUT2D eigenvalue weighted by Gasteiger charge is 2.13. The van der Waals surface area contributed by atoms with E-state index in [0.717, 1.165) is 53.6 Å². The lowest BCUT2D eigenvalue weighted by Gasteiger charge is -2.13. The summed E-state index contributed by atoms with van der Waals surface area (Å²) in [5.41, 5.74) is 3.25. The number of guanidine groups is 1. The van der Waals surface area contributed by atoms with E-state index in [1.807, 2.05) is 18.2 Å². The summed E-state index contributed by atoms with van der Waals surface area (Å²) < 4.78 is 16.2. The van der Waals surface area contributed by atoms with Crippen molar-refractivity contribution in [3.05, 3.63) is 46.8 Å². The van der Waals surface area contributed by atoms with Crippen molar-refractivity contribution >= 4 is 29.9 Å². The van der Waals surface area contributed by atoms with E-state index in [1.54, 1.807) is 14.2 Å². The number of rotatable bonds is 11. The molecule has 2 rings (SSSR count). The molecule has 0 aliphatic carbocycles. The van der Waals surface area contributed by atoms with Gasteiger partial charge in [0.2, 0.25) is 0 Å². The Morgan fingerprint density at radius 3 is 2.62 bits per heavy atom. The summed E-state index contributed by atoms with van der Waals surface area (Å²) in [5, 5.41) is 10.8. The molecule has 0 spiro atoms. The Morgan fingerprint density at radius 1 is 1.14 bits per heavy atom. The predicted octanol–water partition coefficient (Wildman–Crippen LogP) is 3.70. The SMILES string of the molecule is CCc1noc(CC)c1CNC(=NC)NCc1cccc(OCCCOC)c1.I. The monoisotopic (exact) mass is 516 g/mol. The first kappa shape index (κ1) is 25.2. The van der Waals surface area contributed by atoms with E-state index in [2.05, 4.69) is 40.7 Å². The summed E-state index contributed by atoms with van der Waals surface area (Å²) in [6.07, 6.45) is 2.55. The van der Waals surface area contributed by atoms with Gasteiger partial charge in [-0.25, -0.2) is 0 Å². The van der Waals surface area contributed by atoms with Crippen LogP contribution in [0.4, 0.5) is 0 Å². The molecule has 1 aromatic heterocycles. The van der Waals surface area contributed by atoms with Crippen molar-refractivity contribution in [1.82, 2.24) is 15.8 Å². The first-order chi connectivity index (χ1) is 13.7. The van der Waals surface area contributed by atoms with E-state index in [9.17, 15) is 0 Å². The van der Waals surface area contributed by atoms with Gasteiger partial charge < -0.3 is 24.6 Å². The van der Waals surface area contributed by atoms with E-state index in [1.165, 1.54) is 0 Å². The number of hydrogen-bond donors (Lipinski definition) is 2. The average Bonchev–Trinajstić information content (AvgIpc) is 3.13. The van der Waals surface area contributed by atoms with Crippen molar-refractivity contribution in [2.24, 2.45) is 4.99 Å². The molecule has 0 unspecified atom stereocenters. The second-order valence-corrected chi connectivity index (χ2v) is 6.36. The predicted molar refractivity (Wildman–Crippen MR) is 126 cm³/mol. The van der Waals surface area contributed by atoms with Crippen LogP contribution in [0.15, 0.2) is 33.8 Å². The second kappa shape index (κ2) is 14.2. The molecule has 162 valence electrons. The normalized spacial score (nSPS) is 11.1. The summed E-state index contributed by atoms with van der Waals surface area (Å²) >= 11 is 0. The Morgan fingerprint density at radius 2 is 1.93 bits per heavy atom. The number of ether oxygens (including phenoxy) is 2. The van der Waals surface area contributed by atoms with Crippen molar-refractivity contribution in [1.29, 1.82) is 0 Å². The van der Waals surface area contributed by atoms with Crippen LogP contribution >= 0.6 is 24.0 Å². The maximum absolute atomic E-state index is 5.76. The number of hydrogen-bond acceptors (Lipinski definition) is 5. The zero-order valence-corrected chi connectivity index (χ0v) is 20.1. The third kappa shape index (κ3) is 8.22. The fraction of sp³-hybridized carbons (Fsp3) is 0.524. The number of aliphatic imine (C=N–C) groups is 1. The number of halogens is 1. The molecule has 0 saturated heterocycles. The van der Waals surface area contributed by atoms with Gasteiger partial charge in [-0.05, 0) is 24.1 Å². The van der Waals surface area contributed by atoms with E-state index in [0.29, 0.717) is 26.3 Å². The van der Waals surface area contributed by atoms with Gasteiger partial charge in [-0.2, -0.15) is 0 Å². The number of nitrogens with zero attached hydrogens (tertiary/aromatic N) is 2. The van der Waals surface area contributed by atoms with Crippen LogP contribution in [-0.2, 0) is 30.7 Å². The summed E-state index contributed by atoms with van der Waals surface area (Å²) in [6, 6.07) is 8.06. The first-order valence-electron chi connectivity index (χ1n) is 9.83. The molecule has 8 heteroatoms. The van der Waals surface area contributed by atoms with Crippen molar-refractivity contribution in [2.75, 3.05) is 27.4 Å². The van der Waals surface area contributed by atoms with Crippen LogP contribution in [0.25, 0.3) is 0 Å². The molecule has 2 N–H and O–H groups in total. The zero-order valence-electron chi connectivity index (χ0n) is 17.8. The third-order valence-electron chi connectivity index (χ3n) is 4.38. The first-order valence-corrected chi connectivity index (χ1v) is 9.83. The highest BCUT2D eigenvalue weighted by Crippen LogP contribution is 2.16. The molecule has 0 atom stereocenters. The molecule has 1 heterocycles. The van der Waals surface area contributed by atoms with E-state index >= 15 is 0 Å². The molecule has 0 saturated carbocycles. The van der Waals surface area contributed by atoms with Crippen LogP contribution < -0.4 is 15.4 Å². The summed E-state index contributed by atoms with van der Waals surface area (Å²) in [6.45, 7) is 6.79. The Kier molecular flexibility index (Phi) is 12.4. The summed E-state index contributed by atoms with van der Waals surface area (Å²) in [5.74, 6) is 2.53. The van der Waals surface area contributed by atoms with Gasteiger partial charge in [0.25, 0.3) is 0 Å². The number of nitrogens with one attached hydrogen (secondary N) is 2. The maximum Gasteiger partial charge on any atom is 0.191 e. The summed E-state index contributed by atoms with van der Waals surface area (Å²) in [4.78, 5) is 4.30. The highest BCUT2D eigenvalue weighted by molar-refractivity contribution is 14.0. The van der Waals surface area contributed by atoms with Gasteiger partial charge in [-0.3, -0.25) is 4.99 Å². The summed E-state index contributed by atoms with van der Waals surface area (Å²) in [7, 11) is 3.46. The minimum atomic E-state index is 0.